The zero-order valence-electron chi connectivity index (χ0n) is 24.6. The van der Waals surface area contributed by atoms with E-state index in [2.05, 4.69) is 0 Å². The van der Waals surface area contributed by atoms with Crippen LogP contribution in [-0.4, -0.2) is 21.6 Å². The van der Waals surface area contributed by atoms with Crippen LogP contribution in [0.3, 0.4) is 0 Å². The molecule has 0 unspecified atom stereocenters. The van der Waals surface area contributed by atoms with E-state index in [-0.39, 0.29) is 54.8 Å². The molecule has 1 N–H and O–H groups in total. The molecule has 0 saturated carbocycles. The van der Waals surface area contributed by atoms with E-state index in [1.807, 2.05) is 115 Å². The number of halogens is 3. The number of nitrogens with zero attached hydrogens (tertiary/aromatic N) is 1. The Labute approximate surface area is 312 Å². The first-order valence-electron chi connectivity index (χ1n) is 14.1. The van der Waals surface area contributed by atoms with Crippen LogP contribution in [0.25, 0.3) is 31.1 Å². The number of aromatic hydroxyl groups is 1. The number of fused-ring (bicyclic) bond motifs is 5. The smallest absolute Gasteiger partial charge is 0.455 e. The van der Waals surface area contributed by atoms with Gasteiger partial charge in [0.1, 0.15) is 11.3 Å². The van der Waals surface area contributed by atoms with Crippen molar-refractivity contribution in [2.75, 3.05) is 0 Å². The predicted molar refractivity (Wildman–Crippen MR) is 180 cm³/mol. The molecule has 5 aromatic carbocycles. The number of aromatic nitrogens is 1. The summed E-state index contributed by atoms with van der Waals surface area (Å²) in [6, 6.07) is 39.8. The van der Waals surface area contributed by atoms with Crippen LogP contribution in [0.5, 0.6) is 5.75 Å². The van der Waals surface area contributed by atoms with E-state index < -0.39 is 36.0 Å². The Hall–Kier alpha value is -3.40. The molecular formula is C36H25EuF3NO4PS. The summed E-state index contributed by atoms with van der Waals surface area (Å²) in [5, 5.41) is 14.7. The van der Waals surface area contributed by atoms with E-state index >= 15 is 0 Å². The van der Waals surface area contributed by atoms with E-state index in [1.54, 1.807) is 6.07 Å². The molecule has 5 nitrogen and oxygen atoms in total. The number of thiophene rings is 1. The van der Waals surface area contributed by atoms with E-state index in [0.717, 1.165) is 36.0 Å². The summed E-state index contributed by atoms with van der Waals surface area (Å²) in [5.41, 5.74) is -2.14. The number of Topliss-reactive ketones (excluding diaryl/α,β-unsaturated/α-hetero) is 1. The normalized spacial score (nSPS) is 11.6. The maximum Gasteiger partial charge on any atom is 0.455 e. The predicted octanol–water partition coefficient (Wildman–Crippen LogP) is 7.68. The van der Waals surface area contributed by atoms with Crippen molar-refractivity contribution in [2.24, 2.45) is 7.05 Å². The number of benzene rings is 5. The van der Waals surface area contributed by atoms with Gasteiger partial charge in [-0.3, -0.25) is 9.59 Å². The second-order valence-electron chi connectivity index (χ2n) is 10.5. The fraction of sp³-hybridized carbons (Fsp3) is 0.0556. The van der Waals surface area contributed by atoms with Crippen molar-refractivity contribution in [2.45, 2.75) is 6.18 Å². The van der Waals surface area contributed by atoms with Crippen LogP contribution in [0.1, 0.15) is 10.4 Å². The molecule has 0 spiro atoms. The summed E-state index contributed by atoms with van der Waals surface area (Å²) in [6.07, 6.45) is -5.25. The zero-order chi connectivity index (χ0) is 32.6. The Morgan fingerprint density at radius 3 is 1.64 bits per heavy atom. The topological polar surface area (TPSA) is 76.4 Å². The number of alkyl halides is 3. The zero-order valence-corrected chi connectivity index (χ0v) is 28.7. The van der Waals surface area contributed by atoms with Gasteiger partial charge in [0.2, 0.25) is 0 Å². The molecule has 0 aliphatic heterocycles. The van der Waals surface area contributed by atoms with Crippen molar-refractivity contribution >= 4 is 71.3 Å². The van der Waals surface area contributed by atoms with Crippen molar-refractivity contribution in [1.29, 1.82) is 0 Å². The number of carbonyl (C=O) groups excluding carboxylic acids is 1. The molecule has 7 aromatic rings. The average molecular weight is 808 g/mol. The molecule has 237 valence electrons. The van der Waals surface area contributed by atoms with Crippen molar-refractivity contribution in [3.63, 3.8) is 0 Å². The van der Waals surface area contributed by atoms with Gasteiger partial charge in [0.25, 0.3) is 11.3 Å². The summed E-state index contributed by atoms with van der Waals surface area (Å²) in [7, 11) is -1.48. The molecule has 0 aliphatic rings. The Kier molecular flexibility index (Phi) is 10.4. The summed E-state index contributed by atoms with van der Waals surface area (Å²) >= 11 is 1.36. The quantitative estimate of drug-likeness (QED) is 0.146. The third kappa shape index (κ3) is 6.42. The van der Waals surface area contributed by atoms with Crippen molar-refractivity contribution in [1.82, 2.24) is 4.57 Å². The molecule has 47 heavy (non-hydrogen) atoms. The minimum Gasteiger partial charge on any atom is -0.506 e. The van der Waals surface area contributed by atoms with Gasteiger partial charge in [-0.05, 0) is 12.1 Å². The Morgan fingerprint density at radius 2 is 1.15 bits per heavy atom. The fourth-order valence-corrected chi connectivity index (χ4v) is 9.47. The minimum absolute atomic E-state index is 0. The third-order valence-corrected chi connectivity index (χ3v) is 12.0. The maximum absolute atomic E-state index is 13.8. The SMILES string of the molecule is Cn1c(=O)c(C(=O)C(F)(F)F)c(O)c2ccc3c4ccccc4sc3c21.O=P(c1ccccc1)(c1ccccc1)c1ccccc1.[Eu]. The van der Waals surface area contributed by atoms with Gasteiger partial charge in [-0.1, -0.05) is 115 Å². The second kappa shape index (κ2) is 14.0. The van der Waals surface area contributed by atoms with Crippen molar-refractivity contribution in [3.8, 4) is 5.75 Å². The van der Waals surface area contributed by atoms with Crippen LogP contribution in [0.15, 0.2) is 132 Å². The summed E-state index contributed by atoms with van der Waals surface area (Å²) in [4.78, 5) is 24.0. The van der Waals surface area contributed by atoms with Crippen LogP contribution in [-0.2, 0) is 11.6 Å². The van der Waals surface area contributed by atoms with Gasteiger partial charge in [0.15, 0.2) is 7.14 Å². The Balaban J connectivity index is 0.000000187. The molecule has 7 rings (SSSR count). The first-order valence-corrected chi connectivity index (χ1v) is 16.6. The summed E-state index contributed by atoms with van der Waals surface area (Å²) < 4.78 is 54.8. The molecule has 11 heteroatoms. The molecule has 1 radical (unpaired) electrons. The molecule has 0 fully saturated rings. The van der Waals surface area contributed by atoms with Crippen LogP contribution < -0.4 is 21.5 Å². The standard InChI is InChI=1S/C18H10F3NO3S.C18H15OP.Eu/c1-22-13-10(14(23)12(17(22)25)16(24)18(19,20)21)7-6-9-8-4-2-3-5-11(8)26-15(9)13;19-20(16-10-4-1-5-11-16,17-12-6-2-7-13-17)18-14-8-3-9-15-18;/h2-7,23H,1H3;1-15H;. The molecule has 2 aromatic heterocycles. The molecular weight excluding hydrogens is 782 g/mol. The molecule has 2 heterocycles. The number of hydrogen-bond donors (Lipinski definition) is 1. The van der Waals surface area contributed by atoms with Crippen LogP contribution >= 0.6 is 18.5 Å². The molecule has 0 amide bonds. The number of hydrogen-bond acceptors (Lipinski definition) is 5. The number of pyridine rings is 1. The van der Waals surface area contributed by atoms with Gasteiger partial charge in [-0.15, -0.1) is 11.3 Å². The molecule has 0 aliphatic carbocycles. The van der Waals surface area contributed by atoms with E-state index in [4.69, 9.17) is 0 Å². The van der Waals surface area contributed by atoms with Gasteiger partial charge < -0.3 is 14.2 Å². The van der Waals surface area contributed by atoms with Crippen LogP contribution in [0.4, 0.5) is 13.2 Å². The summed E-state index contributed by atoms with van der Waals surface area (Å²) in [5.74, 6) is -3.29. The monoisotopic (exact) mass is 808 g/mol. The van der Waals surface area contributed by atoms with Gasteiger partial charge in [-0.25, -0.2) is 0 Å². The van der Waals surface area contributed by atoms with Crippen molar-refractivity contribution < 1.29 is 77.0 Å². The maximum atomic E-state index is 13.8. The number of ketones is 1. The Morgan fingerprint density at radius 1 is 0.702 bits per heavy atom. The van der Waals surface area contributed by atoms with Gasteiger partial charge in [0, 0.05) is 93.2 Å². The average Bonchev–Trinajstić information content (AvgIpc) is 3.46. The van der Waals surface area contributed by atoms with E-state index in [1.165, 1.54) is 24.5 Å². The van der Waals surface area contributed by atoms with Crippen LogP contribution in [0, 0.1) is 49.4 Å². The van der Waals surface area contributed by atoms with Gasteiger partial charge >= 0.3 is 6.18 Å². The number of carbonyl (C=O) groups is 1. The van der Waals surface area contributed by atoms with Crippen LogP contribution in [0.2, 0.25) is 0 Å². The number of aryl methyl sites for hydroxylation is 1. The minimum atomic E-state index is -5.25. The first-order chi connectivity index (χ1) is 22.0. The van der Waals surface area contributed by atoms with Crippen molar-refractivity contribution in [3.05, 3.63) is 143 Å². The van der Waals surface area contributed by atoms with Gasteiger partial charge in [0.05, 0.1) is 10.2 Å². The fourth-order valence-electron chi connectivity index (χ4n) is 5.51. The molecule has 0 bridgehead atoms. The summed E-state index contributed by atoms with van der Waals surface area (Å²) in [6.45, 7) is 0. The first kappa shape index (κ1) is 34.9. The van der Waals surface area contributed by atoms with E-state index in [0.29, 0.717) is 10.2 Å². The largest absolute Gasteiger partial charge is 0.506 e. The second-order valence-corrected chi connectivity index (χ2v) is 14.3. The van der Waals surface area contributed by atoms with Gasteiger partial charge in [-0.2, -0.15) is 13.2 Å². The van der Waals surface area contributed by atoms with E-state index in [9.17, 15) is 32.4 Å². The molecule has 0 atom stereocenters. The third-order valence-electron chi connectivity index (χ3n) is 7.71. The molecule has 0 saturated heterocycles. The number of rotatable bonds is 4. The Bertz CT molecular complexity index is 2240.